The van der Waals surface area contributed by atoms with E-state index in [2.05, 4.69) is 6.92 Å². The largest absolute Gasteiger partial charge is 0.497 e. The summed E-state index contributed by atoms with van der Waals surface area (Å²) >= 11 is 1.63. The third-order valence-electron chi connectivity index (χ3n) is 7.09. The minimum absolute atomic E-state index is 0.0177. The Labute approximate surface area is 256 Å². The zero-order valence-electron chi connectivity index (χ0n) is 24.7. The molecule has 232 valence electrons. The highest BCUT2D eigenvalue weighted by atomic mass is 32.2. The Morgan fingerprint density at radius 2 is 1.14 bits per heavy atom. The van der Waals surface area contributed by atoms with Crippen molar-refractivity contribution in [2.75, 3.05) is 47.3 Å². The van der Waals surface area contributed by atoms with E-state index in [4.69, 9.17) is 47.4 Å². The fourth-order valence-electron chi connectivity index (χ4n) is 4.85. The predicted molar refractivity (Wildman–Crippen MR) is 160 cm³/mol. The van der Waals surface area contributed by atoms with E-state index >= 15 is 0 Å². The van der Waals surface area contributed by atoms with Gasteiger partial charge in [-0.3, -0.25) is 0 Å². The van der Waals surface area contributed by atoms with Gasteiger partial charge in [0.25, 0.3) is 0 Å². The molecule has 11 heteroatoms. The maximum atomic E-state index is 6.51. The van der Waals surface area contributed by atoms with Crippen molar-refractivity contribution in [2.45, 2.75) is 43.1 Å². The number of benzene rings is 3. The smallest absolute Gasteiger partial charge is 0.189 e. The van der Waals surface area contributed by atoms with Crippen LogP contribution in [0, 0.1) is 0 Å². The number of ether oxygens (including phenoxy) is 10. The summed E-state index contributed by atoms with van der Waals surface area (Å²) in [6.07, 6.45) is -2.56. The average molecular weight is 615 g/mol. The molecule has 0 aromatic heterocycles. The van der Waals surface area contributed by atoms with E-state index in [0.29, 0.717) is 18.1 Å². The Hall–Kier alpha value is -3.19. The van der Waals surface area contributed by atoms with E-state index in [9.17, 15) is 0 Å². The van der Waals surface area contributed by atoms with Crippen molar-refractivity contribution >= 4 is 11.8 Å². The van der Waals surface area contributed by atoms with Crippen molar-refractivity contribution in [3.8, 4) is 28.7 Å². The van der Waals surface area contributed by atoms with E-state index in [0.717, 1.165) is 28.6 Å². The van der Waals surface area contributed by atoms with Gasteiger partial charge >= 0.3 is 0 Å². The maximum absolute atomic E-state index is 6.51. The lowest BCUT2D eigenvalue weighted by Gasteiger charge is -2.48. The third-order valence-corrected chi connectivity index (χ3v) is 8.13. The first-order valence-electron chi connectivity index (χ1n) is 14.1. The minimum atomic E-state index is -0.615. The summed E-state index contributed by atoms with van der Waals surface area (Å²) in [6, 6.07) is 22.2. The summed E-state index contributed by atoms with van der Waals surface area (Å²) in [7, 11) is 4.87. The molecule has 0 spiro atoms. The van der Waals surface area contributed by atoms with Crippen molar-refractivity contribution in [2.24, 2.45) is 0 Å². The van der Waals surface area contributed by atoms with Crippen molar-refractivity contribution < 1.29 is 47.4 Å². The lowest BCUT2D eigenvalue weighted by Crippen LogP contribution is -2.62. The number of fused-ring (bicyclic) bond motifs is 1. The molecular weight excluding hydrogens is 576 g/mol. The number of methoxy groups -OCH3 is 3. The van der Waals surface area contributed by atoms with Gasteiger partial charge in [0.1, 0.15) is 58.6 Å². The van der Waals surface area contributed by atoms with Gasteiger partial charge in [-0.1, -0.05) is 19.1 Å². The molecule has 2 aliphatic rings. The molecule has 0 radical (unpaired) electrons. The van der Waals surface area contributed by atoms with Crippen LogP contribution in [-0.2, 0) is 23.7 Å². The second-order valence-electron chi connectivity index (χ2n) is 9.68. The lowest BCUT2D eigenvalue weighted by molar-refractivity contribution is -0.334. The van der Waals surface area contributed by atoms with Crippen molar-refractivity contribution in [1.82, 2.24) is 0 Å². The van der Waals surface area contributed by atoms with Crippen molar-refractivity contribution in [1.29, 1.82) is 0 Å². The third kappa shape index (κ3) is 8.05. The molecule has 0 aliphatic carbocycles. The maximum Gasteiger partial charge on any atom is 0.189 e. The summed E-state index contributed by atoms with van der Waals surface area (Å²) in [4.78, 5) is 0. The van der Waals surface area contributed by atoms with Gasteiger partial charge in [-0.05, 0) is 66.4 Å². The van der Waals surface area contributed by atoms with Gasteiger partial charge in [-0.25, -0.2) is 0 Å². The van der Waals surface area contributed by atoms with E-state index in [1.165, 1.54) is 0 Å². The number of hydrogen-bond acceptors (Lipinski definition) is 11. The van der Waals surface area contributed by atoms with Gasteiger partial charge in [0, 0.05) is 5.56 Å². The van der Waals surface area contributed by atoms with E-state index in [1.54, 1.807) is 33.1 Å². The Morgan fingerprint density at radius 1 is 0.651 bits per heavy atom. The quantitative estimate of drug-likeness (QED) is 0.217. The SMILES string of the molecule is CCS[C@@H]1O[C@@H]2COC(c3ccc(OC)cc3)O[C@@H]2C(OCOc2ccc(OC)cc2)C1OCOc1ccc(OC)cc1. The fraction of sp³-hybridized carbons (Fsp3) is 0.438. The van der Waals surface area contributed by atoms with Crippen LogP contribution in [0.1, 0.15) is 18.8 Å². The molecule has 0 saturated carbocycles. The summed E-state index contributed by atoms with van der Waals surface area (Å²) < 4.78 is 59.5. The first kappa shape index (κ1) is 31.2. The highest BCUT2D eigenvalue weighted by Crippen LogP contribution is 2.39. The molecule has 2 aliphatic heterocycles. The number of thioether (sulfide) groups is 1. The van der Waals surface area contributed by atoms with Crippen LogP contribution in [0.2, 0.25) is 0 Å². The summed E-state index contributed by atoms with van der Waals surface area (Å²) in [6.45, 7) is 2.36. The fourth-order valence-corrected chi connectivity index (χ4v) is 5.82. The zero-order chi connectivity index (χ0) is 30.0. The van der Waals surface area contributed by atoms with Crippen LogP contribution >= 0.6 is 11.8 Å². The summed E-state index contributed by atoms with van der Waals surface area (Å²) in [5.74, 6) is 4.34. The Morgan fingerprint density at radius 3 is 1.65 bits per heavy atom. The zero-order valence-corrected chi connectivity index (χ0v) is 25.5. The summed E-state index contributed by atoms with van der Waals surface area (Å²) in [5, 5.41) is 0. The van der Waals surface area contributed by atoms with Crippen LogP contribution in [0.4, 0.5) is 0 Å². The highest BCUT2D eigenvalue weighted by Gasteiger charge is 2.51. The van der Waals surface area contributed by atoms with Crippen LogP contribution in [0.3, 0.4) is 0 Å². The van der Waals surface area contributed by atoms with Gasteiger partial charge in [-0.2, -0.15) is 0 Å². The first-order chi connectivity index (χ1) is 21.1. The van der Waals surface area contributed by atoms with Gasteiger partial charge in [0.15, 0.2) is 19.9 Å². The van der Waals surface area contributed by atoms with Crippen LogP contribution in [0.25, 0.3) is 0 Å². The predicted octanol–water partition coefficient (Wildman–Crippen LogP) is 5.45. The molecule has 2 heterocycles. The van der Waals surface area contributed by atoms with Gasteiger partial charge < -0.3 is 47.4 Å². The van der Waals surface area contributed by atoms with Crippen molar-refractivity contribution in [3.05, 3.63) is 78.4 Å². The average Bonchev–Trinajstić information content (AvgIpc) is 3.06. The molecule has 3 aromatic carbocycles. The standard InChI is InChI=1S/C32H38O10S/c1-5-43-32-30(40-20-38-26-16-12-24(35-4)13-17-26)29(39-19-37-25-14-10-23(34-3)11-15-25)28-27(41-32)18-36-31(42-28)21-6-8-22(33-2)9-7-21/h6-17,27-32H,5,18-20H2,1-4H3/t27-,28+,29?,30?,31?,32+/m1/s1. The molecule has 0 bridgehead atoms. The van der Waals surface area contributed by atoms with Crippen molar-refractivity contribution in [3.63, 3.8) is 0 Å². The normalized spacial score (nSPS) is 24.9. The molecule has 2 fully saturated rings. The highest BCUT2D eigenvalue weighted by molar-refractivity contribution is 7.99. The topological polar surface area (TPSA) is 92.3 Å². The molecule has 0 amide bonds. The van der Waals surface area contributed by atoms with Crippen LogP contribution < -0.4 is 23.7 Å². The van der Waals surface area contributed by atoms with Crippen LogP contribution in [0.5, 0.6) is 28.7 Å². The van der Waals surface area contributed by atoms with Crippen LogP contribution in [0.15, 0.2) is 72.8 Å². The Bertz CT molecular complexity index is 1240. The second kappa shape index (κ2) is 15.5. The second-order valence-corrected chi connectivity index (χ2v) is 11.1. The Kier molecular flexibility index (Phi) is 11.3. The molecule has 10 nitrogen and oxygen atoms in total. The van der Waals surface area contributed by atoms with E-state index < -0.39 is 24.6 Å². The monoisotopic (exact) mass is 614 g/mol. The summed E-state index contributed by atoms with van der Waals surface area (Å²) in [5.41, 5.74) is 0.513. The van der Waals surface area contributed by atoms with E-state index in [1.807, 2.05) is 72.8 Å². The van der Waals surface area contributed by atoms with Crippen LogP contribution in [-0.4, -0.2) is 77.1 Å². The van der Waals surface area contributed by atoms with E-state index in [-0.39, 0.29) is 25.1 Å². The van der Waals surface area contributed by atoms with Gasteiger partial charge in [0.2, 0.25) is 0 Å². The molecule has 6 atom stereocenters. The van der Waals surface area contributed by atoms with Gasteiger partial charge in [0.05, 0.1) is 27.9 Å². The molecule has 3 unspecified atom stereocenters. The molecule has 5 rings (SSSR count). The lowest BCUT2D eigenvalue weighted by atomic mass is 9.98. The molecule has 43 heavy (non-hydrogen) atoms. The first-order valence-corrected chi connectivity index (χ1v) is 15.1. The molecular formula is C32H38O10S. The minimum Gasteiger partial charge on any atom is -0.497 e. The number of rotatable bonds is 14. The Balaban J connectivity index is 1.33. The number of hydrogen-bond donors (Lipinski definition) is 0. The molecule has 0 N–H and O–H groups in total. The molecule has 2 saturated heterocycles. The van der Waals surface area contributed by atoms with Gasteiger partial charge in [-0.15, -0.1) is 11.8 Å². The molecule has 3 aromatic rings.